The molecule has 0 saturated heterocycles. The minimum atomic E-state index is -0.0650. The molecule has 0 amide bonds. The average molecular weight is 236 g/mol. The SMILES string of the molecule is Nc1ccc(-c2c[nH]c(=O)c3ccccc23)cc1. The standard InChI is InChI=1S/C15H12N2O/c16-11-7-5-10(6-8-11)14-9-17-15(18)13-4-2-1-3-12(13)14/h1-9H,16H2,(H,17,18). The van der Waals surface area contributed by atoms with Crippen molar-refractivity contribution in [3.63, 3.8) is 0 Å². The minimum absolute atomic E-state index is 0.0650. The van der Waals surface area contributed by atoms with Gasteiger partial charge >= 0.3 is 0 Å². The van der Waals surface area contributed by atoms with Gasteiger partial charge in [0.1, 0.15) is 0 Å². The summed E-state index contributed by atoms with van der Waals surface area (Å²) >= 11 is 0. The number of rotatable bonds is 1. The van der Waals surface area contributed by atoms with Gasteiger partial charge in [0.15, 0.2) is 0 Å². The first-order valence-corrected chi connectivity index (χ1v) is 5.72. The zero-order valence-electron chi connectivity index (χ0n) is 9.68. The Morgan fingerprint density at radius 3 is 2.28 bits per heavy atom. The van der Waals surface area contributed by atoms with Gasteiger partial charge in [0.25, 0.3) is 5.56 Å². The molecule has 0 aliphatic heterocycles. The molecule has 3 aromatic rings. The van der Waals surface area contributed by atoms with Crippen molar-refractivity contribution in [1.82, 2.24) is 4.98 Å². The van der Waals surface area contributed by atoms with Crippen LogP contribution in [0.2, 0.25) is 0 Å². The van der Waals surface area contributed by atoms with E-state index in [9.17, 15) is 4.79 Å². The number of nitrogens with one attached hydrogen (secondary N) is 1. The number of nitrogens with two attached hydrogens (primary N) is 1. The maximum absolute atomic E-state index is 11.7. The molecule has 3 rings (SSSR count). The van der Waals surface area contributed by atoms with Gasteiger partial charge in [-0.2, -0.15) is 0 Å². The summed E-state index contributed by atoms with van der Waals surface area (Å²) < 4.78 is 0. The highest BCUT2D eigenvalue weighted by Gasteiger charge is 2.05. The minimum Gasteiger partial charge on any atom is -0.399 e. The Morgan fingerprint density at radius 1 is 0.889 bits per heavy atom. The monoisotopic (exact) mass is 236 g/mol. The first-order valence-electron chi connectivity index (χ1n) is 5.72. The average Bonchev–Trinajstić information content (AvgIpc) is 2.41. The Balaban J connectivity index is 2.33. The van der Waals surface area contributed by atoms with Crippen molar-refractivity contribution in [3.05, 3.63) is 65.1 Å². The van der Waals surface area contributed by atoms with Crippen LogP contribution in [-0.4, -0.2) is 4.98 Å². The Hall–Kier alpha value is -2.55. The molecule has 2 aromatic carbocycles. The van der Waals surface area contributed by atoms with Gasteiger partial charge in [-0.05, 0) is 29.1 Å². The smallest absolute Gasteiger partial charge is 0.255 e. The molecule has 3 nitrogen and oxygen atoms in total. The summed E-state index contributed by atoms with van der Waals surface area (Å²) in [4.78, 5) is 14.5. The number of hydrogen-bond donors (Lipinski definition) is 2. The van der Waals surface area contributed by atoms with Gasteiger partial charge in [0.05, 0.1) is 0 Å². The number of aromatic amines is 1. The zero-order chi connectivity index (χ0) is 12.5. The lowest BCUT2D eigenvalue weighted by molar-refractivity contribution is 1.28. The number of fused-ring (bicyclic) bond motifs is 1. The van der Waals surface area contributed by atoms with Gasteiger partial charge in [0, 0.05) is 22.8 Å². The first-order chi connectivity index (χ1) is 8.75. The summed E-state index contributed by atoms with van der Waals surface area (Å²) in [6.07, 6.45) is 1.75. The highest BCUT2D eigenvalue weighted by molar-refractivity contribution is 5.95. The van der Waals surface area contributed by atoms with Crippen LogP contribution in [0.5, 0.6) is 0 Å². The van der Waals surface area contributed by atoms with Crippen molar-refractivity contribution in [1.29, 1.82) is 0 Å². The van der Waals surface area contributed by atoms with Gasteiger partial charge in [-0.1, -0.05) is 30.3 Å². The van der Waals surface area contributed by atoms with Crippen LogP contribution in [0.15, 0.2) is 59.5 Å². The first kappa shape index (κ1) is 10.6. The lowest BCUT2D eigenvalue weighted by Crippen LogP contribution is -2.05. The van der Waals surface area contributed by atoms with Crippen molar-refractivity contribution in [2.45, 2.75) is 0 Å². The number of pyridine rings is 1. The Morgan fingerprint density at radius 2 is 1.56 bits per heavy atom. The summed E-state index contributed by atoms with van der Waals surface area (Å²) in [5.74, 6) is 0. The molecule has 0 spiro atoms. The third-order valence-corrected chi connectivity index (χ3v) is 3.03. The van der Waals surface area contributed by atoms with Crippen LogP contribution in [-0.2, 0) is 0 Å². The van der Waals surface area contributed by atoms with E-state index < -0.39 is 0 Å². The molecule has 0 atom stereocenters. The molecule has 3 N–H and O–H groups in total. The maximum Gasteiger partial charge on any atom is 0.255 e. The van der Waals surface area contributed by atoms with Crippen LogP contribution in [0.25, 0.3) is 21.9 Å². The molecule has 0 radical (unpaired) electrons. The molecule has 88 valence electrons. The van der Waals surface area contributed by atoms with Gasteiger partial charge in [-0.3, -0.25) is 4.79 Å². The summed E-state index contributed by atoms with van der Waals surface area (Å²) in [5.41, 5.74) is 8.39. The number of aromatic nitrogens is 1. The third-order valence-electron chi connectivity index (χ3n) is 3.03. The van der Waals surface area contributed by atoms with Crippen molar-refractivity contribution in [2.75, 3.05) is 5.73 Å². The fourth-order valence-corrected chi connectivity index (χ4v) is 2.11. The molecule has 0 fully saturated rings. The molecule has 1 aromatic heterocycles. The number of hydrogen-bond acceptors (Lipinski definition) is 2. The molecule has 0 aliphatic carbocycles. The van der Waals surface area contributed by atoms with E-state index in [2.05, 4.69) is 4.98 Å². The normalized spacial score (nSPS) is 10.7. The van der Waals surface area contributed by atoms with Gasteiger partial charge in [0.2, 0.25) is 0 Å². The van der Waals surface area contributed by atoms with E-state index in [1.54, 1.807) is 6.20 Å². The van der Waals surface area contributed by atoms with E-state index in [-0.39, 0.29) is 5.56 Å². The van der Waals surface area contributed by atoms with E-state index in [0.717, 1.165) is 22.2 Å². The number of H-pyrrole nitrogens is 1. The van der Waals surface area contributed by atoms with Crippen LogP contribution >= 0.6 is 0 Å². The Bertz CT molecular complexity index is 757. The van der Waals surface area contributed by atoms with E-state index in [0.29, 0.717) is 5.39 Å². The molecule has 3 heteroatoms. The van der Waals surface area contributed by atoms with Gasteiger partial charge in [-0.15, -0.1) is 0 Å². The molecule has 0 unspecified atom stereocenters. The van der Waals surface area contributed by atoms with E-state index in [4.69, 9.17) is 5.73 Å². The van der Waals surface area contributed by atoms with Crippen LogP contribution in [0, 0.1) is 0 Å². The highest BCUT2D eigenvalue weighted by Crippen LogP contribution is 2.26. The van der Waals surface area contributed by atoms with E-state index in [1.807, 2.05) is 48.5 Å². The van der Waals surface area contributed by atoms with Crippen LogP contribution in [0.3, 0.4) is 0 Å². The van der Waals surface area contributed by atoms with Crippen LogP contribution in [0.4, 0.5) is 5.69 Å². The molecule has 0 saturated carbocycles. The van der Waals surface area contributed by atoms with Crippen molar-refractivity contribution in [3.8, 4) is 11.1 Å². The van der Waals surface area contributed by atoms with Gasteiger partial charge in [-0.25, -0.2) is 0 Å². The molecule has 0 aliphatic rings. The summed E-state index contributed by atoms with van der Waals surface area (Å²) in [6.45, 7) is 0. The zero-order valence-corrected chi connectivity index (χ0v) is 9.68. The predicted octanol–water partition coefficient (Wildman–Crippen LogP) is 2.78. The second-order valence-electron chi connectivity index (χ2n) is 4.20. The number of benzene rings is 2. The Kier molecular flexibility index (Phi) is 2.38. The van der Waals surface area contributed by atoms with E-state index >= 15 is 0 Å². The summed E-state index contributed by atoms with van der Waals surface area (Å²) in [6, 6.07) is 15.2. The predicted molar refractivity (Wildman–Crippen MR) is 74.4 cm³/mol. The number of nitrogen functional groups attached to an aromatic ring is 1. The van der Waals surface area contributed by atoms with Crippen molar-refractivity contribution in [2.24, 2.45) is 0 Å². The second kappa shape index (κ2) is 4.04. The second-order valence-corrected chi connectivity index (χ2v) is 4.20. The third kappa shape index (κ3) is 1.66. The molecular weight excluding hydrogens is 224 g/mol. The topological polar surface area (TPSA) is 58.9 Å². The van der Waals surface area contributed by atoms with Crippen molar-refractivity contribution < 1.29 is 0 Å². The van der Waals surface area contributed by atoms with Crippen LogP contribution in [0.1, 0.15) is 0 Å². The summed E-state index contributed by atoms with van der Waals surface area (Å²) in [5, 5.41) is 1.65. The molecule has 18 heavy (non-hydrogen) atoms. The lowest BCUT2D eigenvalue weighted by atomic mass is 10.0. The molecular formula is C15H12N2O. The summed E-state index contributed by atoms with van der Waals surface area (Å²) in [7, 11) is 0. The van der Waals surface area contributed by atoms with Gasteiger partial charge < -0.3 is 10.7 Å². The van der Waals surface area contributed by atoms with E-state index in [1.165, 1.54) is 0 Å². The maximum atomic E-state index is 11.7. The fourth-order valence-electron chi connectivity index (χ4n) is 2.11. The van der Waals surface area contributed by atoms with Crippen LogP contribution < -0.4 is 11.3 Å². The quantitative estimate of drug-likeness (QED) is 0.638. The lowest BCUT2D eigenvalue weighted by Gasteiger charge is -2.06. The number of anilines is 1. The molecule has 0 bridgehead atoms. The fraction of sp³-hybridized carbons (Fsp3) is 0. The Labute approximate surface area is 104 Å². The van der Waals surface area contributed by atoms with Crippen molar-refractivity contribution >= 4 is 16.5 Å². The highest BCUT2D eigenvalue weighted by atomic mass is 16.1. The largest absolute Gasteiger partial charge is 0.399 e. The molecule has 1 heterocycles.